The van der Waals surface area contributed by atoms with Gasteiger partial charge in [-0.2, -0.15) is 0 Å². The number of rotatable bonds is 6. The second kappa shape index (κ2) is 8.55. The van der Waals surface area contributed by atoms with Crippen LogP contribution in [0, 0.1) is 19.7 Å². The summed E-state index contributed by atoms with van der Waals surface area (Å²) in [6.07, 6.45) is 0.783. The van der Waals surface area contributed by atoms with Gasteiger partial charge in [0.2, 0.25) is 0 Å². The van der Waals surface area contributed by atoms with Gasteiger partial charge in [-0.1, -0.05) is 35.1 Å². The van der Waals surface area contributed by atoms with Crippen molar-refractivity contribution in [2.75, 3.05) is 32.1 Å². The summed E-state index contributed by atoms with van der Waals surface area (Å²) in [6.45, 7) is 5.39. The summed E-state index contributed by atoms with van der Waals surface area (Å²) in [6, 6.07) is 7.96. The molecule has 0 fully saturated rings. The number of hydrogen-bond acceptors (Lipinski definition) is 4. The Morgan fingerprint density at radius 1 is 1.14 bits per heavy atom. The summed E-state index contributed by atoms with van der Waals surface area (Å²) in [5.74, 6) is -0.731. The van der Waals surface area contributed by atoms with Crippen LogP contribution in [0.1, 0.15) is 27.9 Å². The standard InChI is InChI=1S/C21H23ClFN3OS/c1-13-6-7-14(2)19-18(13)24-21(28-19)26(11-5-10-25(3)4)20(27)16-9-8-15(23)12-17(16)22/h6-9,12H,5,10-11H2,1-4H3. The van der Waals surface area contributed by atoms with E-state index in [1.165, 1.54) is 29.5 Å². The van der Waals surface area contributed by atoms with Crippen molar-refractivity contribution < 1.29 is 9.18 Å². The number of benzene rings is 2. The Hall–Kier alpha value is -2.02. The van der Waals surface area contributed by atoms with Crippen molar-refractivity contribution in [3.63, 3.8) is 0 Å². The van der Waals surface area contributed by atoms with Crippen LogP contribution in [0.2, 0.25) is 5.02 Å². The molecule has 3 rings (SSSR count). The van der Waals surface area contributed by atoms with Crippen molar-refractivity contribution in [3.8, 4) is 0 Å². The number of thiazole rings is 1. The van der Waals surface area contributed by atoms with Gasteiger partial charge < -0.3 is 4.90 Å². The highest BCUT2D eigenvalue weighted by atomic mass is 35.5. The van der Waals surface area contributed by atoms with Gasteiger partial charge in [0, 0.05) is 6.54 Å². The Bertz CT molecular complexity index is 979. The Morgan fingerprint density at radius 3 is 2.50 bits per heavy atom. The van der Waals surface area contributed by atoms with Crippen LogP contribution >= 0.6 is 22.9 Å². The molecule has 2 aromatic carbocycles. The molecule has 28 heavy (non-hydrogen) atoms. The molecule has 0 saturated heterocycles. The first-order valence-electron chi connectivity index (χ1n) is 9.06. The highest BCUT2D eigenvalue weighted by molar-refractivity contribution is 7.22. The Kier molecular flexibility index (Phi) is 6.33. The molecule has 148 valence electrons. The smallest absolute Gasteiger partial charge is 0.261 e. The zero-order valence-electron chi connectivity index (χ0n) is 16.4. The van der Waals surface area contributed by atoms with Gasteiger partial charge in [-0.3, -0.25) is 9.69 Å². The highest BCUT2D eigenvalue weighted by Gasteiger charge is 2.24. The number of hydrogen-bond donors (Lipinski definition) is 0. The summed E-state index contributed by atoms with van der Waals surface area (Å²) in [7, 11) is 3.99. The third kappa shape index (κ3) is 4.35. The van der Waals surface area contributed by atoms with Crippen LogP contribution in [0.5, 0.6) is 0 Å². The summed E-state index contributed by atoms with van der Waals surface area (Å²) in [4.78, 5) is 21.8. The minimum absolute atomic E-state index is 0.107. The lowest BCUT2D eigenvalue weighted by molar-refractivity contribution is 0.0986. The Morgan fingerprint density at radius 2 is 1.86 bits per heavy atom. The third-order valence-electron chi connectivity index (χ3n) is 4.56. The van der Waals surface area contributed by atoms with E-state index >= 15 is 0 Å². The summed E-state index contributed by atoms with van der Waals surface area (Å²) in [5.41, 5.74) is 3.39. The van der Waals surface area contributed by atoms with Gasteiger partial charge in [-0.25, -0.2) is 9.37 Å². The SMILES string of the molecule is Cc1ccc(C)c2sc(N(CCCN(C)C)C(=O)c3ccc(F)cc3Cl)nc12. The van der Waals surface area contributed by atoms with Crippen molar-refractivity contribution in [3.05, 3.63) is 57.9 Å². The molecule has 1 aromatic heterocycles. The van der Waals surface area contributed by atoms with Gasteiger partial charge >= 0.3 is 0 Å². The topological polar surface area (TPSA) is 36.4 Å². The molecule has 1 heterocycles. The number of nitrogens with zero attached hydrogens (tertiary/aromatic N) is 3. The third-order valence-corrected chi connectivity index (χ3v) is 6.08. The van der Waals surface area contributed by atoms with Crippen LogP contribution in [0.4, 0.5) is 9.52 Å². The number of aryl methyl sites for hydroxylation is 2. The van der Waals surface area contributed by atoms with E-state index in [1.807, 2.05) is 34.0 Å². The van der Waals surface area contributed by atoms with Crippen LogP contribution < -0.4 is 4.90 Å². The zero-order valence-corrected chi connectivity index (χ0v) is 18.0. The largest absolute Gasteiger partial charge is 0.309 e. The molecule has 0 N–H and O–H groups in total. The zero-order chi connectivity index (χ0) is 20.4. The maximum absolute atomic E-state index is 13.4. The molecule has 0 atom stereocenters. The van der Waals surface area contributed by atoms with Gasteiger partial charge in [0.05, 0.1) is 20.8 Å². The molecule has 3 aromatic rings. The lowest BCUT2D eigenvalue weighted by Gasteiger charge is -2.21. The minimum Gasteiger partial charge on any atom is -0.309 e. The quantitative estimate of drug-likeness (QED) is 0.543. The van der Waals surface area contributed by atoms with Crippen LogP contribution in [-0.4, -0.2) is 43.0 Å². The van der Waals surface area contributed by atoms with Crippen LogP contribution in [0.15, 0.2) is 30.3 Å². The predicted octanol–water partition coefficient (Wildman–Crippen LogP) is 5.30. The summed E-state index contributed by atoms with van der Waals surface area (Å²) < 4.78 is 14.5. The molecular formula is C21H23ClFN3OS. The van der Waals surface area contributed by atoms with E-state index in [9.17, 15) is 9.18 Å². The number of carbonyl (C=O) groups excluding carboxylic acids is 1. The Balaban J connectivity index is 2.02. The first kappa shape index (κ1) is 20.7. The predicted molar refractivity (Wildman–Crippen MR) is 115 cm³/mol. The number of aromatic nitrogens is 1. The number of fused-ring (bicyclic) bond motifs is 1. The Labute approximate surface area is 173 Å². The first-order chi connectivity index (χ1) is 13.3. The fourth-order valence-electron chi connectivity index (χ4n) is 3.00. The highest BCUT2D eigenvalue weighted by Crippen LogP contribution is 2.34. The molecule has 0 radical (unpaired) electrons. The molecule has 0 saturated carbocycles. The van der Waals surface area contributed by atoms with E-state index in [1.54, 1.807) is 4.90 Å². The van der Waals surface area contributed by atoms with Gasteiger partial charge in [0.1, 0.15) is 5.82 Å². The number of carbonyl (C=O) groups is 1. The second-order valence-corrected chi connectivity index (χ2v) is 8.50. The van der Waals surface area contributed by atoms with Crippen molar-refractivity contribution in [1.29, 1.82) is 0 Å². The number of anilines is 1. The molecule has 0 aliphatic rings. The fraction of sp³-hybridized carbons (Fsp3) is 0.333. The molecule has 0 aliphatic heterocycles. The van der Waals surface area contributed by atoms with E-state index in [0.29, 0.717) is 11.7 Å². The van der Waals surface area contributed by atoms with Crippen molar-refractivity contribution in [2.45, 2.75) is 20.3 Å². The van der Waals surface area contributed by atoms with Crippen molar-refractivity contribution in [2.24, 2.45) is 0 Å². The monoisotopic (exact) mass is 419 g/mol. The number of amides is 1. The minimum atomic E-state index is -0.466. The van der Waals surface area contributed by atoms with Gasteiger partial charge in [-0.05, 0) is 70.2 Å². The average Bonchev–Trinajstić information content (AvgIpc) is 3.07. The average molecular weight is 420 g/mol. The molecular weight excluding hydrogens is 397 g/mol. The van der Waals surface area contributed by atoms with Crippen LogP contribution in [-0.2, 0) is 0 Å². The molecule has 1 amide bonds. The molecule has 0 spiro atoms. The van der Waals surface area contributed by atoms with E-state index in [0.717, 1.165) is 34.3 Å². The molecule has 0 unspecified atom stereocenters. The van der Waals surface area contributed by atoms with Crippen molar-refractivity contribution >= 4 is 44.2 Å². The van der Waals surface area contributed by atoms with E-state index in [-0.39, 0.29) is 16.5 Å². The normalized spacial score (nSPS) is 11.4. The summed E-state index contributed by atoms with van der Waals surface area (Å²) >= 11 is 7.66. The van der Waals surface area contributed by atoms with E-state index in [4.69, 9.17) is 16.6 Å². The lowest BCUT2D eigenvalue weighted by Crippen LogP contribution is -2.33. The lowest BCUT2D eigenvalue weighted by atomic mass is 10.1. The fourth-order valence-corrected chi connectivity index (χ4v) is 4.39. The van der Waals surface area contributed by atoms with E-state index < -0.39 is 5.82 Å². The van der Waals surface area contributed by atoms with Crippen molar-refractivity contribution in [1.82, 2.24) is 9.88 Å². The molecule has 0 bridgehead atoms. The second-order valence-electron chi connectivity index (χ2n) is 7.11. The molecule has 0 aliphatic carbocycles. The van der Waals surface area contributed by atoms with Crippen LogP contribution in [0.25, 0.3) is 10.2 Å². The van der Waals surface area contributed by atoms with Gasteiger partial charge in [-0.15, -0.1) is 0 Å². The maximum Gasteiger partial charge on any atom is 0.261 e. The number of halogens is 2. The van der Waals surface area contributed by atoms with Crippen LogP contribution in [0.3, 0.4) is 0 Å². The molecule has 7 heteroatoms. The summed E-state index contributed by atoms with van der Waals surface area (Å²) in [5, 5.41) is 0.743. The maximum atomic E-state index is 13.4. The van der Waals surface area contributed by atoms with Gasteiger partial charge in [0.15, 0.2) is 5.13 Å². The van der Waals surface area contributed by atoms with Gasteiger partial charge in [0.25, 0.3) is 5.91 Å². The molecule has 4 nitrogen and oxygen atoms in total. The first-order valence-corrected chi connectivity index (χ1v) is 10.3. The van der Waals surface area contributed by atoms with E-state index in [2.05, 4.69) is 11.0 Å².